The van der Waals surface area contributed by atoms with Gasteiger partial charge in [0.15, 0.2) is 0 Å². The van der Waals surface area contributed by atoms with Crippen molar-refractivity contribution in [3.63, 3.8) is 0 Å². The molecule has 0 aliphatic carbocycles. The Labute approximate surface area is 147 Å². The predicted molar refractivity (Wildman–Crippen MR) is 98.0 cm³/mol. The van der Waals surface area contributed by atoms with E-state index in [4.69, 9.17) is 5.26 Å². The molecule has 0 spiro atoms. The normalized spacial score (nSPS) is 12.3. The number of nitrogens with one attached hydrogen (secondary N) is 1. The molecule has 0 aliphatic rings. The van der Waals surface area contributed by atoms with Gasteiger partial charge in [-0.05, 0) is 42.2 Å². The number of nitriles is 1. The minimum Gasteiger partial charge on any atom is -0.325 e. The zero-order chi connectivity index (χ0) is 17.7. The van der Waals surface area contributed by atoms with Gasteiger partial charge in [-0.2, -0.15) is 5.26 Å². The second kappa shape index (κ2) is 7.50. The zero-order valence-electron chi connectivity index (χ0n) is 14.3. The van der Waals surface area contributed by atoms with Crippen LogP contribution in [0.5, 0.6) is 0 Å². The molecule has 0 unspecified atom stereocenters. The number of anilines is 1. The molecule has 0 radical (unpaired) electrons. The summed E-state index contributed by atoms with van der Waals surface area (Å²) >= 11 is 1.36. The number of carbonyl (C=O) groups excluding carboxylic acids is 1. The summed E-state index contributed by atoms with van der Waals surface area (Å²) in [6.07, 6.45) is 1.51. The van der Waals surface area contributed by atoms with Gasteiger partial charge in [0.1, 0.15) is 6.07 Å². The lowest BCUT2D eigenvalue weighted by Crippen LogP contribution is -2.22. The van der Waals surface area contributed by atoms with E-state index in [9.17, 15) is 4.79 Å². The monoisotopic (exact) mass is 339 g/mol. The van der Waals surface area contributed by atoms with Gasteiger partial charge in [-0.3, -0.25) is 4.79 Å². The standard InChI is InChI=1S/C19H21N3OS/c1-13(24-17-10-5-14(11-20)12-21-17)18(23)22-16-8-6-15(7-9-16)19(2,3)4/h5-10,12-13H,1-4H3,(H,22,23)/t13-/m1/s1. The van der Waals surface area contributed by atoms with Gasteiger partial charge in [-0.1, -0.05) is 44.7 Å². The van der Waals surface area contributed by atoms with Gasteiger partial charge in [0, 0.05) is 11.9 Å². The van der Waals surface area contributed by atoms with Crippen molar-refractivity contribution in [3.8, 4) is 6.07 Å². The van der Waals surface area contributed by atoms with Crippen LogP contribution in [0.2, 0.25) is 0 Å². The minimum atomic E-state index is -0.285. The number of aromatic nitrogens is 1. The van der Waals surface area contributed by atoms with E-state index < -0.39 is 0 Å². The Kier molecular flexibility index (Phi) is 5.63. The molecule has 5 heteroatoms. The number of hydrogen-bond acceptors (Lipinski definition) is 4. The van der Waals surface area contributed by atoms with Crippen LogP contribution in [-0.2, 0) is 10.2 Å². The fourth-order valence-electron chi connectivity index (χ4n) is 2.05. The van der Waals surface area contributed by atoms with E-state index in [0.717, 1.165) is 10.7 Å². The van der Waals surface area contributed by atoms with E-state index in [2.05, 4.69) is 31.1 Å². The highest BCUT2D eigenvalue weighted by molar-refractivity contribution is 8.00. The summed E-state index contributed by atoms with van der Waals surface area (Å²) in [5, 5.41) is 12.1. The van der Waals surface area contributed by atoms with Crippen LogP contribution >= 0.6 is 11.8 Å². The minimum absolute atomic E-state index is 0.0744. The molecule has 1 aromatic carbocycles. The molecular formula is C19H21N3OS. The summed E-state index contributed by atoms with van der Waals surface area (Å²) in [6, 6.07) is 13.4. The van der Waals surface area contributed by atoms with Crippen LogP contribution < -0.4 is 5.32 Å². The number of amides is 1. The summed E-state index contributed by atoms with van der Waals surface area (Å²) in [5.74, 6) is -0.0744. The smallest absolute Gasteiger partial charge is 0.237 e. The van der Waals surface area contributed by atoms with E-state index in [0.29, 0.717) is 5.56 Å². The molecule has 4 nitrogen and oxygen atoms in total. The van der Waals surface area contributed by atoms with Gasteiger partial charge in [-0.15, -0.1) is 0 Å². The Bertz CT molecular complexity index is 740. The number of rotatable bonds is 4. The van der Waals surface area contributed by atoms with E-state index in [1.165, 1.54) is 23.5 Å². The molecule has 0 saturated carbocycles. The van der Waals surface area contributed by atoms with Gasteiger partial charge >= 0.3 is 0 Å². The Morgan fingerprint density at radius 3 is 2.38 bits per heavy atom. The summed E-state index contributed by atoms with van der Waals surface area (Å²) in [4.78, 5) is 16.5. The molecule has 0 fully saturated rings. The van der Waals surface area contributed by atoms with Gasteiger partial charge in [0.2, 0.25) is 5.91 Å². The fraction of sp³-hybridized carbons (Fsp3) is 0.316. The van der Waals surface area contributed by atoms with Crippen LogP contribution in [0.3, 0.4) is 0 Å². The van der Waals surface area contributed by atoms with Crippen LogP contribution in [0.1, 0.15) is 38.8 Å². The van der Waals surface area contributed by atoms with Crippen molar-refractivity contribution in [1.29, 1.82) is 5.26 Å². The Hall–Kier alpha value is -2.32. The maximum Gasteiger partial charge on any atom is 0.237 e. The molecular weight excluding hydrogens is 318 g/mol. The second-order valence-corrected chi connectivity index (χ2v) is 7.93. The van der Waals surface area contributed by atoms with Crippen molar-refractivity contribution in [2.75, 3.05) is 5.32 Å². The topological polar surface area (TPSA) is 65.8 Å². The largest absolute Gasteiger partial charge is 0.325 e. The quantitative estimate of drug-likeness (QED) is 0.840. The highest BCUT2D eigenvalue weighted by atomic mass is 32.2. The summed E-state index contributed by atoms with van der Waals surface area (Å²) in [7, 11) is 0. The summed E-state index contributed by atoms with van der Waals surface area (Å²) < 4.78 is 0. The van der Waals surface area contributed by atoms with Gasteiger partial charge in [0.25, 0.3) is 0 Å². The zero-order valence-corrected chi connectivity index (χ0v) is 15.1. The molecule has 1 amide bonds. The lowest BCUT2D eigenvalue weighted by Gasteiger charge is -2.19. The molecule has 124 valence electrons. The molecule has 24 heavy (non-hydrogen) atoms. The first kappa shape index (κ1) is 18.0. The van der Waals surface area contributed by atoms with E-state index in [1.807, 2.05) is 37.3 Å². The third-order valence-corrected chi connectivity index (χ3v) is 4.60. The van der Waals surface area contributed by atoms with E-state index >= 15 is 0 Å². The number of nitrogens with zero attached hydrogens (tertiary/aromatic N) is 2. The molecule has 2 rings (SSSR count). The SMILES string of the molecule is C[C@@H](Sc1ccc(C#N)cn1)C(=O)Nc1ccc(C(C)(C)C)cc1. The maximum absolute atomic E-state index is 12.3. The van der Waals surface area contributed by atoms with E-state index in [-0.39, 0.29) is 16.6 Å². The lowest BCUT2D eigenvalue weighted by atomic mass is 9.87. The first-order chi connectivity index (χ1) is 11.3. The fourth-order valence-corrected chi connectivity index (χ4v) is 2.84. The van der Waals surface area contributed by atoms with Gasteiger partial charge < -0.3 is 5.32 Å². The molecule has 1 atom stereocenters. The third-order valence-electron chi connectivity index (χ3n) is 3.55. The number of thioether (sulfide) groups is 1. The van der Waals surface area contributed by atoms with Crippen molar-refractivity contribution < 1.29 is 4.79 Å². The van der Waals surface area contributed by atoms with Crippen molar-refractivity contribution >= 4 is 23.4 Å². The average molecular weight is 339 g/mol. The Morgan fingerprint density at radius 1 is 1.21 bits per heavy atom. The highest BCUT2D eigenvalue weighted by Crippen LogP contribution is 2.25. The molecule has 1 N–H and O–H groups in total. The Morgan fingerprint density at radius 2 is 1.88 bits per heavy atom. The number of pyridine rings is 1. The molecule has 1 aromatic heterocycles. The number of benzene rings is 1. The summed E-state index contributed by atoms with van der Waals surface area (Å²) in [5.41, 5.74) is 2.61. The summed E-state index contributed by atoms with van der Waals surface area (Å²) in [6.45, 7) is 8.31. The third kappa shape index (κ3) is 4.84. The predicted octanol–water partition coefficient (Wildman–Crippen LogP) is 4.37. The van der Waals surface area contributed by atoms with Crippen LogP contribution in [-0.4, -0.2) is 16.1 Å². The molecule has 0 saturated heterocycles. The van der Waals surface area contributed by atoms with E-state index in [1.54, 1.807) is 12.1 Å². The van der Waals surface area contributed by atoms with Gasteiger partial charge in [-0.25, -0.2) is 4.98 Å². The lowest BCUT2D eigenvalue weighted by molar-refractivity contribution is -0.115. The van der Waals surface area contributed by atoms with Crippen LogP contribution in [0.15, 0.2) is 47.6 Å². The molecule has 0 bridgehead atoms. The number of hydrogen-bond donors (Lipinski definition) is 1. The Balaban J connectivity index is 1.97. The molecule has 2 aromatic rings. The highest BCUT2D eigenvalue weighted by Gasteiger charge is 2.16. The van der Waals surface area contributed by atoms with Crippen molar-refractivity contribution in [2.45, 2.75) is 43.4 Å². The van der Waals surface area contributed by atoms with Crippen LogP contribution in [0, 0.1) is 11.3 Å². The van der Waals surface area contributed by atoms with Crippen LogP contribution in [0.4, 0.5) is 5.69 Å². The molecule has 0 aliphatic heterocycles. The number of carbonyl (C=O) groups is 1. The first-order valence-corrected chi connectivity index (χ1v) is 8.62. The van der Waals surface area contributed by atoms with Crippen molar-refractivity contribution in [1.82, 2.24) is 4.98 Å². The molecule has 1 heterocycles. The second-order valence-electron chi connectivity index (χ2n) is 6.57. The van der Waals surface area contributed by atoms with Gasteiger partial charge in [0.05, 0.1) is 15.8 Å². The first-order valence-electron chi connectivity index (χ1n) is 7.74. The van der Waals surface area contributed by atoms with Crippen LogP contribution in [0.25, 0.3) is 0 Å². The van der Waals surface area contributed by atoms with Crippen molar-refractivity contribution in [2.24, 2.45) is 0 Å². The maximum atomic E-state index is 12.3. The average Bonchev–Trinajstić information content (AvgIpc) is 2.55. The van der Waals surface area contributed by atoms with Crippen molar-refractivity contribution in [3.05, 3.63) is 53.7 Å².